The third-order valence-electron chi connectivity index (χ3n) is 3.41. The third-order valence-corrected chi connectivity index (χ3v) is 3.41. The van der Waals surface area contributed by atoms with Crippen LogP contribution in [0.3, 0.4) is 0 Å². The first kappa shape index (κ1) is 12.7. The van der Waals surface area contributed by atoms with Crippen molar-refractivity contribution >= 4 is 0 Å². The Labute approximate surface area is 114 Å². The molecule has 5 heteroatoms. The van der Waals surface area contributed by atoms with Crippen molar-refractivity contribution in [3.8, 4) is 28.4 Å². The third kappa shape index (κ3) is 1.70. The maximum atomic E-state index is 14.1. The minimum Gasteiger partial charge on any atom is -0.508 e. The Hall–Kier alpha value is -2.30. The van der Waals surface area contributed by atoms with Gasteiger partial charge in [-0.1, -0.05) is 0 Å². The Morgan fingerprint density at radius 3 is 2.40 bits per heavy atom. The summed E-state index contributed by atoms with van der Waals surface area (Å²) in [6.45, 7) is 3.43. The van der Waals surface area contributed by atoms with Crippen molar-refractivity contribution in [1.29, 1.82) is 0 Å². The zero-order valence-corrected chi connectivity index (χ0v) is 10.9. The van der Waals surface area contributed by atoms with E-state index < -0.39 is 23.0 Å². The molecule has 104 valence electrons. The Balaban J connectivity index is 2.39. The second-order valence-electron chi connectivity index (χ2n) is 5.26. The van der Waals surface area contributed by atoms with E-state index in [-0.39, 0.29) is 17.1 Å². The van der Waals surface area contributed by atoms with Crippen LogP contribution in [0.1, 0.15) is 19.4 Å². The number of hydrogen-bond donors (Lipinski definition) is 2. The standard InChI is InChI=1S/C15H12F2O3/c1-15(2)9-6-12(19)10(16)5-8(9)14-11(17)3-7(18)4-13(14)20-15/h3-6,18-19H,1-2H3. The van der Waals surface area contributed by atoms with Crippen LogP contribution in [0.2, 0.25) is 0 Å². The van der Waals surface area contributed by atoms with Gasteiger partial charge in [0.05, 0.1) is 5.56 Å². The highest BCUT2D eigenvalue weighted by Crippen LogP contribution is 2.48. The summed E-state index contributed by atoms with van der Waals surface area (Å²) in [6.07, 6.45) is 0. The Morgan fingerprint density at radius 1 is 1.00 bits per heavy atom. The van der Waals surface area contributed by atoms with Crippen molar-refractivity contribution in [2.24, 2.45) is 0 Å². The van der Waals surface area contributed by atoms with Crippen LogP contribution in [0, 0.1) is 11.6 Å². The Bertz CT molecular complexity index is 724. The number of halogens is 2. The lowest BCUT2D eigenvalue weighted by molar-refractivity contribution is 0.104. The number of rotatable bonds is 0. The van der Waals surface area contributed by atoms with Crippen LogP contribution in [0.15, 0.2) is 24.3 Å². The molecule has 0 atom stereocenters. The number of phenols is 2. The molecule has 0 fully saturated rings. The first-order valence-corrected chi connectivity index (χ1v) is 6.04. The van der Waals surface area contributed by atoms with Gasteiger partial charge in [0.1, 0.15) is 22.9 Å². The molecule has 20 heavy (non-hydrogen) atoms. The summed E-state index contributed by atoms with van der Waals surface area (Å²) in [5, 5.41) is 19.0. The van der Waals surface area contributed by atoms with Crippen LogP contribution in [0.5, 0.6) is 17.2 Å². The number of hydrogen-bond acceptors (Lipinski definition) is 3. The molecular formula is C15H12F2O3. The fourth-order valence-corrected chi connectivity index (χ4v) is 2.51. The second-order valence-corrected chi connectivity index (χ2v) is 5.26. The molecule has 1 aliphatic rings. The average Bonchev–Trinajstić information content (AvgIpc) is 2.30. The van der Waals surface area contributed by atoms with Gasteiger partial charge in [-0.05, 0) is 31.5 Å². The molecule has 1 aliphatic heterocycles. The number of ether oxygens (including phenoxy) is 1. The van der Waals surface area contributed by atoms with Gasteiger partial charge in [-0.3, -0.25) is 0 Å². The van der Waals surface area contributed by atoms with Gasteiger partial charge in [0.25, 0.3) is 0 Å². The molecule has 0 saturated carbocycles. The Morgan fingerprint density at radius 2 is 1.70 bits per heavy atom. The summed E-state index contributed by atoms with van der Waals surface area (Å²) in [5.74, 6) is -2.17. The summed E-state index contributed by atoms with van der Waals surface area (Å²) in [4.78, 5) is 0. The zero-order chi connectivity index (χ0) is 14.7. The lowest BCUT2D eigenvalue weighted by Gasteiger charge is -2.35. The SMILES string of the molecule is CC1(C)Oc2cc(O)cc(F)c2-c2cc(F)c(O)cc21. The molecule has 0 saturated heterocycles. The van der Waals surface area contributed by atoms with Crippen molar-refractivity contribution in [1.82, 2.24) is 0 Å². The van der Waals surface area contributed by atoms with E-state index in [9.17, 15) is 19.0 Å². The second kappa shape index (κ2) is 3.85. The van der Waals surface area contributed by atoms with Crippen molar-refractivity contribution in [2.75, 3.05) is 0 Å². The Kier molecular flexibility index (Phi) is 2.45. The molecule has 0 amide bonds. The van der Waals surface area contributed by atoms with Crippen molar-refractivity contribution in [3.05, 3.63) is 41.5 Å². The summed E-state index contributed by atoms with van der Waals surface area (Å²) in [5.41, 5.74) is -0.0122. The van der Waals surface area contributed by atoms with Gasteiger partial charge in [-0.25, -0.2) is 8.78 Å². The number of benzene rings is 2. The molecule has 2 aromatic rings. The van der Waals surface area contributed by atoms with E-state index in [1.165, 1.54) is 12.1 Å². The maximum absolute atomic E-state index is 14.1. The van der Waals surface area contributed by atoms with Gasteiger partial charge >= 0.3 is 0 Å². The fourth-order valence-electron chi connectivity index (χ4n) is 2.51. The quantitative estimate of drug-likeness (QED) is 0.773. The molecule has 1 heterocycles. The molecule has 0 bridgehead atoms. The molecule has 0 aliphatic carbocycles. The summed E-state index contributed by atoms with van der Waals surface area (Å²) in [7, 11) is 0. The van der Waals surface area contributed by atoms with Crippen LogP contribution in [-0.2, 0) is 5.60 Å². The topological polar surface area (TPSA) is 49.7 Å². The predicted molar refractivity (Wildman–Crippen MR) is 68.8 cm³/mol. The van der Waals surface area contributed by atoms with Gasteiger partial charge < -0.3 is 14.9 Å². The van der Waals surface area contributed by atoms with Crippen molar-refractivity contribution in [2.45, 2.75) is 19.4 Å². The average molecular weight is 278 g/mol. The van der Waals surface area contributed by atoms with Crippen LogP contribution >= 0.6 is 0 Å². The predicted octanol–water partition coefficient (Wildman–Crippen LogP) is 3.67. The normalized spacial score (nSPS) is 15.2. The summed E-state index contributed by atoms with van der Waals surface area (Å²) >= 11 is 0. The minimum absolute atomic E-state index is 0.0797. The molecule has 0 spiro atoms. The van der Waals surface area contributed by atoms with Gasteiger partial charge in [-0.2, -0.15) is 0 Å². The molecule has 0 unspecified atom stereocenters. The van der Waals surface area contributed by atoms with Crippen molar-refractivity contribution in [3.63, 3.8) is 0 Å². The van der Waals surface area contributed by atoms with Crippen LogP contribution in [-0.4, -0.2) is 10.2 Å². The van der Waals surface area contributed by atoms with E-state index in [2.05, 4.69) is 0 Å². The van der Waals surface area contributed by atoms with Gasteiger partial charge in [0, 0.05) is 17.7 Å². The highest BCUT2D eigenvalue weighted by atomic mass is 19.1. The van der Waals surface area contributed by atoms with Crippen LogP contribution < -0.4 is 4.74 Å². The maximum Gasteiger partial charge on any atom is 0.165 e. The highest BCUT2D eigenvalue weighted by Gasteiger charge is 2.35. The lowest BCUT2D eigenvalue weighted by Crippen LogP contribution is -2.29. The van der Waals surface area contributed by atoms with Gasteiger partial charge in [0.15, 0.2) is 11.6 Å². The lowest BCUT2D eigenvalue weighted by atomic mass is 9.85. The number of aromatic hydroxyl groups is 2. The van der Waals surface area contributed by atoms with E-state index in [0.717, 1.165) is 12.1 Å². The molecule has 2 aromatic carbocycles. The van der Waals surface area contributed by atoms with Crippen molar-refractivity contribution < 1.29 is 23.7 Å². The van der Waals surface area contributed by atoms with E-state index >= 15 is 0 Å². The van der Waals surface area contributed by atoms with Crippen LogP contribution in [0.4, 0.5) is 8.78 Å². The number of fused-ring (bicyclic) bond motifs is 3. The molecule has 2 N–H and O–H groups in total. The fraction of sp³-hybridized carbons (Fsp3) is 0.200. The summed E-state index contributed by atoms with van der Waals surface area (Å²) in [6, 6.07) is 4.54. The molecular weight excluding hydrogens is 266 g/mol. The monoisotopic (exact) mass is 278 g/mol. The molecule has 3 nitrogen and oxygen atoms in total. The smallest absolute Gasteiger partial charge is 0.165 e. The van der Waals surface area contributed by atoms with E-state index in [1.54, 1.807) is 13.8 Å². The summed E-state index contributed by atoms with van der Waals surface area (Å²) < 4.78 is 33.3. The van der Waals surface area contributed by atoms with Gasteiger partial charge in [0.2, 0.25) is 0 Å². The molecule has 0 radical (unpaired) electrons. The van der Waals surface area contributed by atoms with E-state index in [0.29, 0.717) is 11.1 Å². The minimum atomic E-state index is -0.881. The molecule has 0 aromatic heterocycles. The number of phenolic OH excluding ortho intramolecular Hbond substituents is 2. The van der Waals surface area contributed by atoms with Crippen LogP contribution in [0.25, 0.3) is 11.1 Å². The largest absolute Gasteiger partial charge is 0.508 e. The highest BCUT2D eigenvalue weighted by molar-refractivity contribution is 5.78. The zero-order valence-electron chi connectivity index (χ0n) is 10.9. The van der Waals surface area contributed by atoms with E-state index in [1.807, 2.05) is 0 Å². The molecule has 3 rings (SSSR count). The first-order chi connectivity index (χ1) is 9.29. The van der Waals surface area contributed by atoms with Gasteiger partial charge in [-0.15, -0.1) is 0 Å². The van der Waals surface area contributed by atoms with E-state index in [4.69, 9.17) is 4.74 Å². The first-order valence-electron chi connectivity index (χ1n) is 6.04.